The van der Waals surface area contributed by atoms with Gasteiger partial charge in [-0.1, -0.05) is 63.1 Å². The van der Waals surface area contributed by atoms with Gasteiger partial charge < -0.3 is 29.6 Å². The van der Waals surface area contributed by atoms with Crippen molar-refractivity contribution in [3.63, 3.8) is 0 Å². The summed E-state index contributed by atoms with van der Waals surface area (Å²) in [7, 11) is 0. The highest BCUT2D eigenvalue weighted by Crippen LogP contribution is 2.34. The molecule has 1 saturated heterocycles. The Labute approximate surface area is 236 Å². The first-order valence-corrected chi connectivity index (χ1v) is 14.0. The van der Waals surface area contributed by atoms with Crippen molar-refractivity contribution in [1.82, 2.24) is 10.6 Å². The van der Waals surface area contributed by atoms with Gasteiger partial charge in [-0.25, -0.2) is 9.59 Å². The Balaban J connectivity index is 1.50. The first-order valence-electron chi connectivity index (χ1n) is 14.0. The van der Waals surface area contributed by atoms with Crippen LogP contribution in [0.2, 0.25) is 0 Å². The fourth-order valence-electron chi connectivity index (χ4n) is 4.16. The summed E-state index contributed by atoms with van der Waals surface area (Å²) in [5, 5.41) is 5.52. The summed E-state index contributed by atoms with van der Waals surface area (Å²) in [4.78, 5) is 24.1. The van der Waals surface area contributed by atoms with E-state index in [0.717, 1.165) is 54.7 Å². The molecule has 8 nitrogen and oxygen atoms in total. The lowest BCUT2D eigenvalue weighted by molar-refractivity contribution is 0.199. The third-order valence-corrected chi connectivity index (χ3v) is 6.50. The van der Waals surface area contributed by atoms with Gasteiger partial charge in [-0.05, 0) is 65.9 Å². The first kappa shape index (κ1) is 29.0. The van der Waals surface area contributed by atoms with Crippen LogP contribution < -0.4 is 24.8 Å². The lowest BCUT2D eigenvalue weighted by Gasteiger charge is -2.20. The van der Waals surface area contributed by atoms with E-state index in [-0.39, 0.29) is 12.0 Å². The zero-order valence-corrected chi connectivity index (χ0v) is 23.2. The molecular formula is C32H38N2O6. The van der Waals surface area contributed by atoms with E-state index >= 15 is 0 Å². The van der Waals surface area contributed by atoms with Crippen LogP contribution in [0, 0.1) is 0 Å². The Morgan fingerprint density at radius 1 is 0.725 bits per heavy atom. The second kappa shape index (κ2) is 14.9. The van der Waals surface area contributed by atoms with Crippen molar-refractivity contribution in [3.05, 3.63) is 89.5 Å². The van der Waals surface area contributed by atoms with Crippen LogP contribution in [-0.2, 0) is 4.74 Å². The number of hydrogen-bond donors (Lipinski definition) is 2. The SMILES string of the molecule is CCCCNC(=O)Oc1ccc(C(c2ccc(OCC3CO3)cc2)c2ccc(OC(=O)NCCCC)cc2)cc1. The summed E-state index contributed by atoms with van der Waals surface area (Å²) in [6.45, 7) is 6.60. The molecule has 0 aliphatic carbocycles. The maximum Gasteiger partial charge on any atom is 0.412 e. The van der Waals surface area contributed by atoms with Gasteiger partial charge in [-0.3, -0.25) is 0 Å². The minimum absolute atomic E-state index is 0.110. The highest BCUT2D eigenvalue weighted by molar-refractivity contribution is 5.70. The van der Waals surface area contributed by atoms with Crippen molar-refractivity contribution >= 4 is 12.2 Å². The molecular weight excluding hydrogens is 508 g/mol. The third-order valence-electron chi connectivity index (χ3n) is 6.50. The molecule has 40 heavy (non-hydrogen) atoms. The largest absolute Gasteiger partial charge is 0.491 e. The second-order valence-electron chi connectivity index (χ2n) is 9.75. The maximum atomic E-state index is 12.1. The van der Waals surface area contributed by atoms with Crippen LogP contribution in [0.3, 0.4) is 0 Å². The van der Waals surface area contributed by atoms with Gasteiger partial charge in [-0.15, -0.1) is 0 Å². The molecule has 1 atom stereocenters. The molecule has 0 bridgehead atoms. The van der Waals surface area contributed by atoms with Crippen molar-refractivity contribution in [1.29, 1.82) is 0 Å². The third kappa shape index (κ3) is 9.02. The fourth-order valence-corrected chi connectivity index (χ4v) is 4.16. The molecule has 212 valence electrons. The van der Waals surface area contributed by atoms with Gasteiger partial charge in [-0.2, -0.15) is 0 Å². The molecule has 2 N–H and O–H groups in total. The Bertz CT molecular complexity index is 1140. The van der Waals surface area contributed by atoms with Crippen molar-refractivity contribution in [2.24, 2.45) is 0 Å². The van der Waals surface area contributed by atoms with Gasteiger partial charge in [0.05, 0.1) is 6.61 Å². The first-order chi connectivity index (χ1) is 19.6. The summed E-state index contributed by atoms with van der Waals surface area (Å²) < 4.78 is 21.9. The van der Waals surface area contributed by atoms with Crippen LogP contribution in [-0.4, -0.2) is 44.6 Å². The van der Waals surface area contributed by atoms with Crippen molar-refractivity contribution in [3.8, 4) is 17.2 Å². The summed E-state index contributed by atoms with van der Waals surface area (Å²) in [5.41, 5.74) is 3.10. The number of benzene rings is 3. The molecule has 4 rings (SSSR count). The van der Waals surface area contributed by atoms with Crippen LogP contribution in [0.4, 0.5) is 9.59 Å². The van der Waals surface area contributed by atoms with Crippen LogP contribution >= 0.6 is 0 Å². The number of carbonyl (C=O) groups excluding carboxylic acids is 2. The molecule has 1 aliphatic rings. The number of hydrogen-bond acceptors (Lipinski definition) is 6. The summed E-state index contributed by atoms with van der Waals surface area (Å²) in [6, 6.07) is 23.0. The van der Waals surface area contributed by atoms with E-state index in [0.29, 0.717) is 31.2 Å². The van der Waals surface area contributed by atoms with Gasteiger partial charge in [0.15, 0.2) is 0 Å². The van der Waals surface area contributed by atoms with Crippen molar-refractivity contribution in [2.75, 3.05) is 26.3 Å². The van der Waals surface area contributed by atoms with Crippen LogP contribution in [0.5, 0.6) is 17.2 Å². The van der Waals surface area contributed by atoms with Gasteiger partial charge in [0.2, 0.25) is 0 Å². The van der Waals surface area contributed by atoms with Gasteiger partial charge in [0.1, 0.15) is 30.0 Å². The average Bonchev–Trinajstić information content (AvgIpc) is 3.80. The summed E-state index contributed by atoms with van der Waals surface area (Å²) in [6.07, 6.45) is 3.08. The van der Waals surface area contributed by atoms with E-state index in [9.17, 15) is 9.59 Å². The smallest absolute Gasteiger partial charge is 0.412 e. The number of ether oxygens (including phenoxy) is 4. The van der Waals surface area contributed by atoms with Gasteiger partial charge in [0, 0.05) is 19.0 Å². The molecule has 3 aromatic rings. The van der Waals surface area contributed by atoms with E-state index in [2.05, 4.69) is 24.5 Å². The standard InChI is InChI=1S/C32H38N2O6/c1-3-5-19-33-31(35)39-27-15-9-24(10-16-27)30(23-7-13-26(14-8-23)37-21-29-22-38-29)25-11-17-28(18-12-25)40-32(36)34-20-6-4-2/h7-18,29-30H,3-6,19-22H2,1-2H3,(H,33,35)(H,34,36). The lowest BCUT2D eigenvalue weighted by atomic mass is 9.85. The van der Waals surface area contributed by atoms with Gasteiger partial charge >= 0.3 is 12.2 Å². The second-order valence-corrected chi connectivity index (χ2v) is 9.75. The van der Waals surface area contributed by atoms with E-state index in [4.69, 9.17) is 18.9 Å². The fraction of sp³-hybridized carbons (Fsp3) is 0.375. The molecule has 1 heterocycles. The molecule has 1 fully saturated rings. The van der Waals surface area contributed by atoms with E-state index in [1.165, 1.54) is 0 Å². The molecule has 3 aromatic carbocycles. The molecule has 0 radical (unpaired) electrons. The number of carbonyl (C=O) groups is 2. The quantitative estimate of drug-likeness (QED) is 0.138. The van der Waals surface area contributed by atoms with Gasteiger partial charge in [0.25, 0.3) is 0 Å². The number of unbranched alkanes of at least 4 members (excludes halogenated alkanes) is 2. The maximum absolute atomic E-state index is 12.1. The molecule has 0 saturated carbocycles. The zero-order valence-electron chi connectivity index (χ0n) is 23.2. The highest BCUT2D eigenvalue weighted by Gasteiger charge is 2.23. The molecule has 8 heteroatoms. The summed E-state index contributed by atoms with van der Waals surface area (Å²) >= 11 is 0. The minimum atomic E-state index is -0.459. The number of epoxide rings is 1. The Morgan fingerprint density at radius 2 is 1.12 bits per heavy atom. The van der Waals surface area contributed by atoms with E-state index in [1.807, 2.05) is 48.5 Å². The monoisotopic (exact) mass is 546 g/mol. The molecule has 0 spiro atoms. The molecule has 2 amide bonds. The number of nitrogens with one attached hydrogen (secondary N) is 2. The predicted molar refractivity (Wildman–Crippen MR) is 153 cm³/mol. The van der Waals surface area contributed by atoms with Crippen LogP contribution in [0.15, 0.2) is 72.8 Å². The molecule has 1 aliphatic heterocycles. The Kier molecular flexibility index (Phi) is 10.8. The Morgan fingerprint density at radius 3 is 1.50 bits per heavy atom. The molecule has 1 unspecified atom stereocenters. The topological polar surface area (TPSA) is 98.4 Å². The van der Waals surface area contributed by atoms with Crippen LogP contribution in [0.1, 0.15) is 62.1 Å². The van der Waals surface area contributed by atoms with E-state index < -0.39 is 12.2 Å². The van der Waals surface area contributed by atoms with E-state index in [1.54, 1.807) is 24.3 Å². The number of rotatable bonds is 14. The van der Waals surface area contributed by atoms with Crippen LogP contribution in [0.25, 0.3) is 0 Å². The Hall–Kier alpha value is -4.04. The lowest BCUT2D eigenvalue weighted by Crippen LogP contribution is -2.27. The van der Waals surface area contributed by atoms with Crippen molar-refractivity contribution in [2.45, 2.75) is 51.6 Å². The predicted octanol–water partition coefficient (Wildman–Crippen LogP) is 6.42. The zero-order chi connectivity index (χ0) is 28.2. The average molecular weight is 547 g/mol. The molecule has 0 aromatic heterocycles. The minimum Gasteiger partial charge on any atom is -0.491 e. The normalized spacial score (nSPS) is 13.9. The number of amides is 2. The highest BCUT2D eigenvalue weighted by atomic mass is 16.6. The van der Waals surface area contributed by atoms with Crippen molar-refractivity contribution < 1.29 is 28.5 Å². The summed E-state index contributed by atoms with van der Waals surface area (Å²) in [5.74, 6) is 1.62.